The molecule has 0 aromatic carbocycles. The van der Waals surface area contributed by atoms with Crippen LogP contribution < -0.4 is 4.90 Å². The van der Waals surface area contributed by atoms with E-state index in [2.05, 4.69) is 31.3 Å². The smallest absolute Gasteiger partial charge is 0.0636 e. The Morgan fingerprint density at radius 2 is 1.35 bits per heavy atom. The number of rotatable bonds is 1. The Morgan fingerprint density at radius 1 is 0.800 bits per heavy atom. The number of anilines is 1. The lowest BCUT2D eigenvalue weighted by atomic mass is 10.0. The topological polar surface area (TPSA) is 16.1 Å². The fraction of sp³-hybridized carbons (Fsp3) is 0.722. The molecule has 0 amide bonds. The van der Waals surface area contributed by atoms with Crippen molar-refractivity contribution < 1.29 is 0 Å². The average molecular weight is 274 g/mol. The lowest BCUT2D eigenvalue weighted by molar-refractivity contribution is 0.559. The molecule has 0 unspecified atom stereocenters. The third-order valence-corrected chi connectivity index (χ3v) is 4.36. The van der Waals surface area contributed by atoms with Gasteiger partial charge in [0.1, 0.15) is 0 Å². The van der Waals surface area contributed by atoms with Crippen LogP contribution in [0.4, 0.5) is 5.69 Å². The SMILES string of the molecule is CN(C)c1cc2cnc1CCCCCCCCCCC2. The van der Waals surface area contributed by atoms with Crippen molar-refractivity contribution in [2.75, 3.05) is 19.0 Å². The highest BCUT2D eigenvalue weighted by Crippen LogP contribution is 2.22. The Morgan fingerprint density at radius 3 is 1.95 bits per heavy atom. The normalized spacial score (nSPS) is 18.3. The highest BCUT2D eigenvalue weighted by Gasteiger charge is 2.08. The van der Waals surface area contributed by atoms with Gasteiger partial charge in [-0.1, -0.05) is 44.9 Å². The molecule has 0 saturated carbocycles. The highest BCUT2D eigenvalue weighted by molar-refractivity contribution is 5.51. The van der Waals surface area contributed by atoms with Crippen LogP contribution in [-0.2, 0) is 12.8 Å². The summed E-state index contributed by atoms with van der Waals surface area (Å²) in [6, 6.07) is 2.36. The summed E-state index contributed by atoms with van der Waals surface area (Å²) < 4.78 is 0. The van der Waals surface area contributed by atoms with Crippen LogP contribution in [0.2, 0.25) is 0 Å². The van der Waals surface area contributed by atoms with E-state index in [0.717, 1.165) is 6.42 Å². The zero-order valence-electron chi connectivity index (χ0n) is 13.3. The second-order valence-corrected chi connectivity index (χ2v) is 6.39. The quantitative estimate of drug-likeness (QED) is 0.734. The first-order valence-corrected chi connectivity index (χ1v) is 8.42. The van der Waals surface area contributed by atoms with Crippen molar-refractivity contribution in [3.05, 3.63) is 23.5 Å². The van der Waals surface area contributed by atoms with E-state index in [4.69, 9.17) is 4.98 Å². The van der Waals surface area contributed by atoms with E-state index in [-0.39, 0.29) is 0 Å². The van der Waals surface area contributed by atoms with Crippen LogP contribution in [-0.4, -0.2) is 19.1 Å². The van der Waals surface area contributed by atoms with Gasteiger partial charge in [-0.25, -0.2) is 0 Å². The van der Waals surface area contributed by atoms with Gasteiger partial charge in [0, 0.05) is 20.3 Å². The third kappa shape index (κ3) is 4.81. The van der Waals surface area contributed by atoms with Crippen LogP contribution in [0.15, 0.2) is 12.3 Å². The van der Waals surface area contributed by atoms with Crippen LogP contribution in [0.1, 0.15) is 69.0 Å². The van der Waals surface area contributed by atoms with Crippen molar-refractivity contribution in [3.8, 4) is 0 Å². The molecule has 2 bridgehead atoms. The van der Waals surface area contributed by atoms with E-state index < -0.39 is 0 Å². The number of aromatic nitrogens is 1. The second kappa shape index (κ2) is 8.28. The fourth-order valence-corrected chi connectivity index (χ4v) is 3.10. The van der Waals surface area contributed by atoms with E-state index in [1.54, 1.807) is 0 Å². The molecule has 2 nitrogen and oxygen atoms in total. The summed E-state index contributed by atoms with van der Waals surface area (Å²) in [5.41, 5.74) is 4.03. The van der Waals surface area contributed by atoms with Crippen molar-refractivity contribution in [3.63, 3.8) is 0 Å². The van der Waals surface area contributed by atoms with Crippen LogP contribution in [0.25, 0.3) is 0 Å². The first kappa shape index (κ1) is 15.3. The number of nitrogens with zero attached hydrogens (tertiary/aromatic N) is 2. The zero-order valence-corrected chi connectivity index (χ0v) is 13.3. The summed E-state index contributed by atoms with van der Waals surface area (Å²) in [6.07, 6.45) is 16.9. The Balaban J connectivity index is 2.08. The maximum Gasteiger partial charge on any atom is 0.0636 e. The number of pyridine rings is 1. The fourth-order valence-electron chi connectivity index (χ4n) is 3.10. The first-order valence-electron chi connectivity index (χ1n) is 8.42. The summed E-state index contributed by atoms with van der Waals surface area (Å²) >= 11 is 0. The molecule has 2 heteroatoms. The van der Waals surface area contributed by atoms with Gasteiger partial charge < -0.3 is 4.90 Å². The van der Waals surface area contributed by atoms with Crippen molar-refractivity contribution in [2.45, 2.75) is 70.6 Å². The van der Waals surface area contributed by atoms with Gasteiger partial charge in [0.2, 0.25) is 0 Å². The van der Waals surface area contributed by atoms with Gasteiger partial charge in [-0.2, -0.15) is 0 Å². The molecule has 1 aromatic heterocycles. The van der Waals surface area contributed by atoms with Gasteiger partial charge in [0.15, 0.2) is 0 Å². The molecule has 3 rings (SSSR count). The van der Waals surface area contributed by atoms with Gasteiger partial charge >= 0.3 is 0 Å². The standard InChI is InChI=1S/C18H30N2/c1-20(2)18-14-16-12-10-8-6-4-3-5-7-9-11-13-17(18)19-15-16/h14-15H,3-13H2,1-2H3. The van der Waals surface area contributed by atoms with Crippen molar-refractivity contribution in [1.82, 2.24) is 4.98 Å². The predicted molar refractivity (Wildman–Crippen MR) is 87.5 cm³/mol. The minimum atomic E-state index is 1.13. The van der Waals surface area contributed by atoms with Crippen LogP contribution in [0.3, 0.4) is 0 Å². The lowest BCUT2D eigenvalue weighted by Crippen LogP contribution is -2.13. The summed E-state index contributed by atoms with van der Waals surface area (Å²) in [7, 11) is 4.27. The van der Waals surface area contributed by atoms with Crippen molar-refractivity contribution in [1.29, 1.82) is 0 Å². The van der Waals surface area contributed by atoms with E-state index in [1.807, 2.05) is 0 Å². The molecule has 2 aliphatic rings. The minimum absolute atomic E-state index is 1.13. The third-order valence-electron chi connectivity index (χ3n) is 4.36. The Bertz CT molecular complexity index is 398. The Kier molecular flexibility index (Phi) is 6.35. The Labute approximate surface area is 124 Å². The molecule has 1 aliphatic carbocycles. The number of hydrogen-bond acceptors (Lipinski definition) is 2. The molecular weight excluding hydrogens is 244 g/mol. The first-order chi connectivity index (χ1) is 9.77. The van der Waals surface area contributed by atoms with E-state index >= 15 is 0 Å². The highest BCUT2D eigenvalue weighted by atomic mass is 15.1. The molecule has 1 aliphatic heterocycles. The van der Waals surface area contributed by atoms with E-state index in [1.165, 1.54) is 81.2 Å². The van der Waals surface area contributed by atoms with Crippen molar-refractivity contribution in [2.24, 2.45) is 0 Å². The molecule has 20 heavy (non-hydrogen) atoms. The molecule has 2 heterocycles. The molecule has 0 spiro atoms. The second-order valence-electron chi connectivity index (χ2n) is 6.39. The number of hydrogen-bond donors (Lipinski definition) is 0. The Hall–Kier alpha value is -1.05. The van der Waals surface area contributed by atoms with Gasteiger partial charge in [-0.3, -0.25) is 4.98 Å². The monoisotopic (exact) mass is 274 g/mol. The van der Waals surface area contributed by atoms with Gasteiger partial charge in [0.05, 0.1) is 11.4 Å². The number of aryl methyl sites for hydroxylation is 2. The summed E-state index contributed by atoms with van der Waals surface area (Å²) in [5.74, 6) is 0. The molecule has 1 aromatic rings. The predicted octanol–water partition coefficient (Wildman–Crippen LogP) is 4.76. The van der Waals surface area contributed by atoms with Gasteiger partial charge in [-0.05, 0) is 37.3 Å². The summed E-state index contributed by atoms with van der Waals surface area (Å²) in [5, 5.41) is 0. The summed E-state index contributed by atoms with van der Waals surface area (Å²) in [4.78, 5) is 6.98. The number of fused-ring (bicyclic) bond motifs is 12. The minimum Gasteiger partial charge on any atom is -0.376 e. The van der Waals surface area contributed by atoms with Crippen molar-refractivity contribution >= 4 is 5.69 Å². The average Bonchev–Trinajstić information content (AvgIpc) is 2.46. The van der Waals surface area contributed by atoms with Crippen LogP contribution in [0, 0.1) is 0 Å². The maximum absolute atomic E-state index is 4.75. The molecule has 0 N–H and O–H groups in total. The zero-order chi connectivity index (χ0) is 14.2. The summed E-state index contributed by atoms with van der Waals surface area (Å²) in [6.45, 7) is 0. The molecule has 0 saturated heterocycles. The van der Waals surface area contributed by atoms with Gasteiger partial charge in [-0.15, -0.1) is 0 Å². The molecule has 0 atom stereocenters. The van der Waals surface area contributed by atoms with Crippen LogP contribution >= 0.6 is 0 Å². The molecular formula is C18H30N2. The lowest BCUT2D eigenvalue weighted by Gasteiger charge is -2.18. The molecule has 0 fully saturated rings. The van der Waals surface area contributed by atoms with Crippen LogP contribution in [0.5, 0.6) is 0 Å². The van der Waals surface area contributed by atoms with E-state index in [0.29, 0.717) is 0 Å². The molecule has 112 valence electrons. The largest absolute Gasteiger partial charge is 0.376 e. The van der Waals surface area contributed by atoms with E-state index in [9.17, 15) is 0 Å². The maximum atomic E-state index is 4.75. The molecule has 0 radical (unpaired) electrons. The van der Waals surface area contributed by atoms with Gasteiger partial charge in [0.25, 0.3) is 0 Å².